The highest BCUT2D eigenvalue weighted by atomic mass is 16.6. The summed E-state index contributed by atoms with van der Waals surface area (Å²) in [7, 11) is 3.32. The Kier molecular flexibility index (Phi) is 5.04. The molecular weight excluding hydrogens is 250 g/mol. The number of amides is 2. The van der Waals surface area contributed by atoms with Gasteiger partial charge in [-0.3, -0.25) is 10.1 Å². The lowest BCUT2D eigenvalue weighted by molar-refractivity contribution is -0.385. The minimum Gasteiger partial charge on any atom is -0.368 e. The highest BCUT2D eigenvalue weighted by Crippen LogP contribution is 2.17. The van der Waals surface area contributed by atoms with E-state index in [1.54, 1.807) is 21.0 Å². The van der Waals surface area contributed by atoms with Crippen molar-refractivity contribution in [1.82, 2.24) is 15.2 Å². The zero-order valence-corrected chi connectivity index (χ0v) is 11.1. The molecule has 0 unspecified atom stereocenters. The van der Waals surface area contributed by atoms with Gasteiger partial charge in [-0.25, -0.2) is 9.78 Å². The maximum Gasteiger partial charge on any atom is 0.316 e. The van der Waals surface area contributed by atoms with Crippen molar-refractivity contribution in [2.45, 2.75) is 6.92 Å². The number of anilines is 1. The van der Waals surface area contributed by atoms with Crippen molar-refractivity contribution >= 4 is 17.5 Å². The summed E-state index contributed by atoms with van der Waals surface area (Å²) in [6.45, 7) is 2.67. The van der Waals surface area contributed by atoms with Gasteiger partial charge in [-0.15, -0.1) is 0 Å². The number of nitro groups is 1. The van der Waals surface area contributed by atoms with Gasteiger partial charge in [0.2, 0.25) is 0 Å². The molecule has 0 fully saturated rings. The number of hydrogen-bond donors (Lipinski definition) is 2. The van der Waals surface area contributed by atoms with Gasteiger partial charge in [-0.1, -0.05) is 0 Å². The number of hydrogen-bond acceptors (Lipinski definition) is 5. The van der Waals surface area contributed by atoms with Crippen LogP contribution in [0.4, 0.5) is 16.3 Å². The molecule has 0 saturated carbocycles. The van der Waals surface area contributed by atoms with E-state index >= 15 is 0 Å². The van der Waals surface area contributed by atoms with Crippen LogP contribution >= 0.6 is 0 Å². The average molecular weight is 267 g/mol. The molecule has 1 heterocycles. The van der Waals surface area contributed by atoms with Crippen LogP contribution in [-0.4, -0.2) is 48.0 Å². The first-order valence-corrected chi connectivity index (χ1v) is 5.72. The number of carbonyl (C=O) groups excluding carboxylic acids is 1. The monoisotopic (exact) mass is 267 g/mol. The molecule has 1 aromatic heterocycles. The van der Waals surface area contributed by atoms with E-state index < -0.39 is 4.92 Å². The van der Waals surface area contributed by atoms with Crippen LogP contribution in [-0.2, 0) is 0 Å². The van der Waals surface area contributed by atoms with Crippen molar-refractivity contribution in [2.24, 2.45) is 0 Å². The summed E-state index contributed by atoms with van der Waals surface area (Å²) in [5.74, 6) is 0.574. The number of aromatic nitrogens is 1. The Labute approximate surface area is 111 Å². The van der Waals surface area contributed by atoms with Gasteiger partial charge in [-0.2, -0.15) is 0 Å². The Morgan fingerprint density at radius 2 is 2.16 bits per heavy atom. The van der Waals surface area contributed by atoms with Crippen molar-refractivity contribution in [1.29, 1.82) is 0 Å². The lowest BCUT2D eigenvalue weighted by atomic mass is 10.2. The minimum atomic E-state index is -0.485. The molecule has 0 atom stereocenters. The second-order valence-electron chi connectivity index (χ2n) is 4.17. The molecule has 0 radical (unpaired) electrons. The van der Waals surface area contributed by atoms with Crippen LogP contribution in [0.3, 0.4) is 0 Å². The van der Waals surface area contributed by atoms with Crippen LogP contribution in [0.15, 0.2) is 12.3 Å². The number of rotatable bonds is 5. The summed E-state index contributed by atoms with van der Waals surface area (Å²) in [5, 5.41) is 16.3. The number of urea groups is 1. The quantitative estimate of drug-likeness (QED) is 0.470. The van der Waals surface area contributed by atoms with Gasteiger partial charge in [0.15, 0.2) is 0 Å². The molecular formula is C11H17N5O3. The Hall–Kier alpha value is -2.38. The smallest absolute Gasteiger partial charge is 0.316 e. The molecule has 0 spiro atoms. The Morgan fingerprint density at radius 1 is 1.47 bits per heavy atom. The van der Waals surface area contributed by atoms with Crippen LogP contribution in [0.1, 0.15) is 5.56 Å². The zero-order chi connectivity index (χ0) is 14.4. The Balaban J connectivity index is 2.46. The molecule has 1 aromatic rings. The van der Waals surface area contributed by atoms with Gasteiger partial charge < -0.3 is 15.5 Å². The molecule has 0 aromatic carbocycles. The van der Waals surface area contributed by atoms with Gasteiger partial charge >= 0.3 is 6.03 Å². The Bertz CT molecular complexity index is 475. The summed E-state index contributed by atoms with van der Waals surface area (Å²) in [6.07, 6.45) is 1.20. The van der Waals surface area contributed by atoms with Gasteiger partial charge in [0.1, 0.15) is 12.0 Å². The second kappa shape index (κ2) is 6.53. The first kappa shape index (κ1) is 14.7. The summed E-state index contributed by atoms with van der Waals surface area (Å²) < 4.78 is 0. The third kappa shape index (κ3) is 4.41. The van der Waals surface area contributed by atoms with Crippen LogP contribution in [0.5, 0.6) is 0 Å². The molecule has 0 aliphatic rings. The van der Waals surface area contributed by atoms with Crippen molar-refractivity contribution in [3.05, 3.63) is 27.9 Å². The summed E-state index contributed by atoms with van der Waals surface area (Å²) >= 11 is 0. The molecule has 8 nitrogen and oxygen atoms in total. The van der Waals surface area contributed by atoms with Crippen LogP contribution in [0.2, 0.25) is 0 Å². The van der Waals surface area contributed by atoms with Gasteiger partial charge in [0.25, 0.3) is 5.69 Å². The van der Waals surface area contributed by atoms with Crippen molar-refractivity contribution in [3.63, 3.8) is 0 Å². The molecule has 0 aliphatic carbocycles. The Morgan fingerprint density at radius 3 is 2.68 bits per heavy atom. The molecule has 8 heteroatoms. The average Bonchev–Trinajstić information content (AvgIpc) is 2.35. The van der Waals surface area contributed by atoms with Crippen molar-refractivity contribution in [2.75, 3.05) is 32.5 Å². The number of aryl methyl sites for hydroxylation is 1. The van der Waals surface area contributed by atoms with E-state index in [0.29, 0.717) is 24.5 Å². The van der Waals surface area contributed by atoms with E-state index in [1.807, 2.05) is 0 Å². The fourth-order valence-corrected chi connectivity index (χ4v) is 1.35. The third-order valence-electron chi connectivity index (χ3n) is 2.37. The normalized spacial score (nSPS) is 9.84. The number of carbonyl (C=O) groups is 1. The molecule has 0 aliphatic heterocycles. The fourth-order valence-electron chi connectivity index (χ4n) is 1.35. The molecule has 1 rings (SSSR count). The van der Waals surface area contributed by atoms with Gasteiger partial charge in [0.05, 0.1) is 4.92 Å². The maximum atomic E-state index is 11.2. The van der Waals surface area contributed by atoms with E-state index in [4.69, 9.17) is 0 Å². The highest BCUT2D eigenvalue weighted by Gasteiger charge is 2.09. The molecule has 2 N–H and O–H groups in total. The van der Waals surface area contributed by atoms with E-state index in [0.717, 1.165) is 0 Å². The second-order valence-corrected chi connectivity index (χ2v) is 4.17. The van der Waals surface area contributed by atoms with Gasteiger partial charge in [0, 0.05) is 33.3 Å². The zero-order valence-electron chi connectivity index (χ0n) is 11.1. The summed E-state index contributed by atoms with van der Waals surface area (Å²) in [5.41, 5.74) is 0.650. The van der Waals surface area contributed by atoms with Crippen LogP contribution in [0, 0.1) is 17.0 Å². The van der Waals surface area contributed by atoms with E-state index in [9.17, 15) is 14.9 Å². The summed E-state index contributed by atoms with van der Waals surface area (Å²) in [6, 6.07) is 1.28. The third-order valence-corrected chi connectivity index (χ3v) is 2.37. The van der Waals surface area contributed by atoms with E-state index in [-0.39, 0.29) is 11.7 Å². The standard InChI is InChI=1S/C11H17N5O3/c1-8-6-9(16(18)19)7-14-10(8)12-4-5-13-11(17)15(2)3/h6-7H,4-5H2,1-3H3,(H,12,14)(H,13,17). The highest BCUT2D eigenvalue weighted by molar-refractivity contribution is 5.73. The number of nitrogens with one attached hydrogen (secondary N) is 2. The molecule has 0 saturated heterocycles. The van der Waals surface area contributed by atoms with Crippen LogP contribution < -0.4 is 10.6 Å². The maximum absolute atomic E-state index is 11.2. The number of pyridine rings is 1. The SMILES string of the molecule is Cc1cc([N+](=O)[O-])cnc1NCCNC(=O)N(C)C. The minimum absolute atomic E-state index is 0.0380. The lowest BCUT2D eigenvalue weighted by Gasteiger charge is -2.13. The predicted molar refractivity (Wildman–Crippen MR) is 71.2 cm³/mol. The van der Waals surface area contributed by atoms with Crippen molar-refractivity contribution < 1.29 is 9.72 Å². The van der Waals surface area contributed by atoms with E-state index in [2.05, 4.69) is 15.6 Å². The lowest BCUT2D eigenvalue weighted by Crippen LogP contribution is -2.37. The predicted octanol–water partition coefficient (Wildman–Crippen LogP) is 0.981. The van der Waals surface area contributed by atoms with Crippen LogP contribution in [0.25, 0.3) is 0 Å². The largest absolute Gasteiger partial charge is 0.368 e. The van der Waals surface area contributed by atoms with Crippen molar-refractivity contribution in [3.8, 4) is 0 Å². The summed E-state index contributed by atoms with van der Waals surface area (Å²) in [4.78, 5) is 26.7. The van der Waals surface area contributed by atoms with E-state index in [1.165, 1.54) is 17.2 Å². The molecule has 19 heavy (non-hydrogen) atoms. The molecule has 2 amide bonds. The molecule has 104 valence electrons. The first-order chi connectivity index (χ1) is 8.91. The topological polar surface area (TPSA) is 100 Å². The fraction of sp³-hybridized carbons (Fsp3) is 0.455. The number of nitrogens with zero attached hydrogens (tertiary/aromatic N) is 3. The van der Waals surface area contributed by atoms with Gasteiger partial charge in [-0.05, 0) is 12.5 Å². The molecule has 0 bridgehead atoms. The first-order valence-electron chi connectivity index (χ1n) is 5.72.